The van der Waals surface area contributed by atoms with Gasteiger partial charge in [-0.25, -0.2) is 0 Å². The third-order valence-electron chi connectivity index (χ3n) is 2.54. The number of nitrogens with one attached hydrogen (secondary N) is 1. The summed E-state index contributed by atoms with van der Waals surface area (Å²) in [6, 6.07) is 10.2. The van der Waals surface area contributed by atoms with Crippen LogP contribution in [0.5, 0.6) is 0 Å². The topological polar surface area (TPSA) is 23.9 Å². The van der Waals surface area contributed by atoms with Crippen molar-refractivity contribution in [1.82, 2.24) is 0 Å². The van der Waals surface area contributed by atoms with E-state index in [4.69, 9.17) is 5.41 Å². The largest absolute Gasteiger partial charge is 0.300 e. The predicted octanol–water partition coefficient (Wildman–Crippen LogP) is 3.61. The molecule has 2 rings (SSSR count). The molecule has 0 fully saturated rings. The molecule has 0 unspecified atom stereocenters. The Morgan fingerprint density at radius 1 is 1.00 bits per heavy atom. The minimum absolute atomic E-state index is 0.582. The molecule has 1 aromatic rings. The van der Waals surface area contributed by atoms with Crippen molar-refractivity contribution in [2.24, 2.45) is 0 Å². The van der Waals surface area contributed by atoms with Crippen molar-refractivity contribution in [3.63, 3.8) is 0 Å². The van der Waals surface area contributed by atoms with E-state index >= 15 is 0 Å². The standard InChI is InChI=1S/C14H13N/c1-11(12-7-3-2-4-8-12)13-9-5-6-10-14(13)15/h2-10,15H,1H3/b13-11-,15-14?. The Morgan fingerprint density at radius 2 is 1.67 bits per heavy atom. The van der Waals surface area contributed by atoms with Crippen LogP contribution in [0.4, 0.5) is 0 Å². The molecule has 1 aromatic carbocycles. The fourth-order valence-electron chi connectivity index (χ4n) is 1.65. The molecule has 0 saturated heterocycles. The average molecular weight is 195 g/mol. The predicted molar refractivity (Wildman–Crippen MR) is 65.0 cm³/mol. The summed E-state index contributed by atoms with van der Waals surface area (Å²) in [7, 11) is 0. The van der Waals surface area contributed by atoms with Crippen LogP contribution in [0.15, 0.2) is 60.2 Å². The molecule has 1 N–H and O–H groups in total. The molecule has 0 spiro atoms. The molecule has 0 amide bonds. The van der Waals surface area contributed by atoms with Gasteiger partial charge in [0.2, 0.25) is 0 Å². The van der Waals surface area contributed by atoms with Gasteiger partial charge >= 0.3 is 0 Å². The quantitative estimate of drug-likeness (QED) is 0.708. The highest BCUT2D eigenvalue weighted by molar-refractivity contribution is 6.14. The lowest BCUT2D eigenvalue weighted by atomic mass is 9.95. The number of benzene rings is 1. The Morgan fingerprint density at radius 3 is 2.33 bits per heavy atom. The van der Waals surface area contributed by atoms with Crippen LogP contribution in [0.1, 0.15) is 12.5 Å². The van der Waals surface area contributed by atoms with E-state index in [1.54, 1.807) is 0 Å². The molecule has 1 aliphatic carbocycles. The number of hydrogen-bond donors (Lipinski definition) is 1. The molecule has 1 heteroatoms. The number of allylic oxidation sites excluding steroid dienone is 6. The molecule has 0 atom stereocenters. The van der Waals surface area contributed by atoms with E-state index in [9.17, 15) is 0 Å². The average Bonchev–Trinajstić information content (AvgIpc) is 2.30. The van der Waals surface area contributed by atoms with Crippen molar-refractivity contribution < 1.29 is 0 Å². The van der Waals surface area contributed by atoms with Crippen LogP contribution in [0, 0.1) is 5.41 Å². The molecule has 0 aromatic heterocycles. The molecule has 0 saturated carbocycles. The fourth-order valence-corrected chi connectivity index (χ4v) is 1.65. The van der Waals surface area contributed by atoms with E-state index in [0.29, 0.717) is 5.71 Å². The van der Waals surface area contributed by atoms with Crippen LogP contribution >= 0.6 is 0 Å². The Balaban J connectivity index is 2.46. The summed E-state index contributed by atoms with van der Waals surface area (Å²) in [5.41, 5.74) is 3.92. The van der Waals surface area contributed by atoms with Crippen molar-refractivity contribution in [1.29, 1.82) is 5.41 Å². The van der Waals surface area contributed by atoms with Gasteiger partial charge in [-0.3, -0.25) is 0 Å². The molecule has 0 radical (unpaired) electrons. The molecule has 0 heterocycles. The van der Waals surface area contributed by atoms with Crippen LogP contribution < -0.4 is 0 Å². The lowest BCUT2D eigenvalue weighted by Gasteiger charge is -2.10. The van der Waals surface area contributed by atoms with Crippen molar-refractivity contribution >= 4 is 11.3 Å². The molecular formula is C14H13N. The number of hydrogen-bond acceptors (Lipinski definition) is 1. The molecule has 74 valence electrons. The van der Waals surface area contributed by atoms with Crippen LogP contribution in [-0.2, 0) is 0 Å². The van der Waals surface area contributed by atoms with Gasteiger partial charge in [-0.05, 0) is 24.1 Å². The van der Waals surface area contributed by atoms with E-state index in [2.05, 4.69) is 19.1 Å². The summed E-state index contributed by atoms with van der Waals surface area (Å²) in [6.45, 7) is 2.06. The maximum Gasteiger partial charge on any atom is 0.0615 e. The van der Waals surface area contributed by atoms with E-state index < -0.39 is 0 Å². The highest BCUT2D eigenvalue weighted by Gasteiger charge is 2.06. The van der Waals surface area contributed by atoms with Gasteiger partial charge in [-0.15, -0.1) is 0 Å². The highest BCUT2D eigenvalue weighted by Crippen LogP contribution is 2.21. The minimum Gasteiger partial charge on any atom is -0.300 e. The van der Waals surface area contributed by atoms with Crippen LogP contribution in [0.2, 0.25) is 0 Å². The molecular weight excluding hydrogens is 182 g/mol. The maximum absolute atomic E-state index is 7.83. The van der Waals surface area contributed by atoms with E-state index in [0.717, 1.165) is 11.1 Å². The molecule has 1 aliphatic rings. The summed E-state index contributed by atoms with van der Waals surface area (Å²) in [6.07, 6.45) is 7.68. The van der Waals surface area contributed by atoms with Gasteiger partial charge in [0.05, 0.1) is 5.71 Å². The Kier molecular flexibility index (Phi) is 2.64. The maximum atomic E-state index is 7.83. The van der Waals surface area contributed by atoms with Crippen LogP contribution in [0.25, 0.3) is 5.57 Å². The van der Waals surface area contributed by atoms with Gasteiger partial charge in [0.15, 0.2) is 0 Å². The summed E-state index contributed by atoms with van der Waals surface area (Å²) in [5.74, 6) is 0. The van der Waals surface area contributed by atoms with Crippen molar-refractivity contribution in [2.45, 2.75) is 6.92 Å². The zero-order valence-electron chi connectivity index (χ0n) is 8.70. The van der Waals surface area contributed by atoms with Crippen molar-refractivity contribution in [2.75, 3.05) is 0 Å². The first-order valence-electron chi connectivity index (χ1n) is 4.99. The summed E-state index contributed by atoms with van der Waals surface area (Å²) >= 11 is 0. The second-order valence-electron chi connectivity index (χ2n) is 3.54. The first-order valence-corrected chi connectivity index (χ1v) is 4.99. The number of rotatable bonds is 1. The van der Waals surface area contributed by atoms with E-state index in [1.807, 2.05) is 42.5 Å². The Labute approximate surface area is 90.0 Å². The second-order valence-corrected chi connectivity index (χ2v) is 3.54. The second kappa shape index (κ2) is 4.09. The summed E-state index contributed by atoms with van der Waals surface area (Å²) in [5, 5.41) is 7.83. The van der Waals surface area contributed by atoms with E-state index in [1.165, 1.54) is 5.56 Å². The highest BCUT2D eigenvalue weighted by atomic mass is 14.4. The monoisotopic (exact) mass is 195 g/mol. The SMILES string of the molecule is C/C(=C1\C=CC=CC1=N)c1ccccc1. The van der Waals surface area contributed by atoms with Gasteiger partial charge in [0, 0.05) is 5.57 Å². The van der Waals surface area contributed by atoms with Crippen molar-refractivity contribution in [3.05, 3.63) is 65.8 Å². The molecule has 1 nitrogen and oxygen atoms in total. The summed E-state index contributed by atoms with van der Waals surface area (Å²) in [4.78, 5) is 0. The zero-order valence-corrected chi connectivity index (χ0v) is 8.70. The van der Waals surface area contributed by atoms with Gasteiger partial charge in [0.1, 0.15) is 0 Å². The van der Waals surface area contributed by atoms with Gasteiger partial charge in [0.25, 0.3) is 0 Å². The van der Waals surface area contributed by atoms with Crippen LogP contribution in [0.3, 0.4) is 0 Å². The van der Waals surface area contributed by atoms with Gasteiger partial charge in [-0.2, -0.15) is 0 Å². The first kappa shape index (κ1) is 9.66. The minimum atomic E-state index is 0.582. The molecule has 15 heavy (non-hydrogen) atoms. The van der Waals surface area contributed by atoms with E-state index in [-0.39, 0.29) is 0 Å². The van der Waals surface area contributed by atoms with Crippen molar-refractivity contribution in [3.8, 4) is 0 Å². The normalized spacial score (nSPS) is 18.1. The lowest BCUT2D eigenvalue weighted by Crippen LogP contribution is -2.00. The zero-order chi connectivity index (χ0) is 10.7. The lowest BCUT2D eigenvalue weighted by molar-refractivity contribution is 1.47. The molecule has 0 bridgehead atoms. The van der Waals surface area contributed by atoms with Gasteiger partial charge in [-0.1, -0.05) is 48.6 Å². The molecule has 0 aliphatic heterocycles. The first-order chi connectivity index (χ1) is 7.29. The smallest absolute Gasteiger partial charge is 0.0615 e. The fraction of sp³-hybridized carbons (Fsp3) is 0.0714. The Bertz CT molecular complexity index is 461. The third kappa shape index (κ3) is 1.96. The van der Waals surface area contributed by atoms with Crippen LogP contribution in [-0.4, -0.2) is 5.71 Å². The third-order valence-corrected chi connectivity index (χ3v) is 2.54. The Hall–Kier alpha value is -1.89. The summed E-state index contributed by atoms with van der Waals surface area (Å²) < 4.78 is 0. The van der Waals surface area contributed by atoms with Gasteiger partial charge < -0.3 is 5.41 Å².